The lowest BCUT2D eigenvalue weighted by Crippen LogP contribution is -2.08. The summed E-state index contributed by atoms with van der Waals surface area (Å²) in [5, 5.41) is 0. The third kappa shape index (κ3) is 4.94. The van der Waals surface area contributed by atoms with Crippen molar-refractivity contribution >= 4 is 18.7 Å². The minimum atomic E-state index is -0.257. The highest BCUT2D eigenvalue weighted by molar-refractivity contribution is 7.80. The van der Waals surface area contributed by atoms with Gasteiger partial charge < -0.3 is 9.47 Å². The Hall–Kier alpha value is -0.770. The second-order valence-electron chi connectivity index (χ2n) is 3.49. The second-order valence-corrected chi connectivity index (χ2v) is 3.86. The van der Waals surface area contributed by atoms with Crippen LogP contribution in [0.5, 0.6) is 0 Å². The summed E-state index contributed by atoms with van der Waals surface area (Å²) in [6.07, 6.45) is 3.81. The minimum absolute atomic E-state index is 0.257. The lowest BCUT2D eigenvalue weighted by Gasteiger charge is -2.17. The molecule has 2 nitrogen and oxygen atoms in total. The molecule has 0 unspecified atom stereocenters. The Labute approximate surface area is 109 Å². The zero-order valence-corrected chi connectivity index (χ0v) is 11.3. The summed E-state index contributed by atoms with van der Waals surface area (Å²) in [4.78, 5) is 0. The van der Waals surface area contributed by atoms with Crippen molar-refractivity contribution in [2.75, 3.05) is 19.0 Å². The number of rotatable bonds is 7. The van der Waals surface area contributed by atoms with Gasteiger partial charge in [-0.3, -0.25) is 0 Å². The van der Waals surface area contributed by atoms with Crippen LogP contribution in [-0.2, 0) is 9.47 Å². The van der Waals surface area contributed by atoms with E-state index in [4.69, 9.17) is 9.47 Å². The number of hydrogen-bond donors (Lipinski definition) is 1. The number of thiol groups is 1. The third-order valence-electron chi connectivity index (χ3n) is 2.26. The van der Waals surface area contributed by atoms with Gasteiger partial charge in [-0.15, -0.1) is 0 Å². The Morgan fingerprint density at radius 2 is 1.71 bits per heavy atom. The molecule has 0 aliphatic carbocycles. The Balaban J connectivity index is 2.72. The van der Waals surface area contributed by atoms with Crippen LogP contribution in [0.25, 0.3) is 6.08 Å². The summed E-state index contributed by atoms with van der Waals surface area (Å²) in [5.74, 6) is 0.752. The summed E-state index contributed by atoms with van der Waals surface area (Å²) in [5.41, 5.74) is 2.21. The van der Waals surface area contributed by atoms with E-state index in [1.54, 1.807) is 0 Å². The van der Waals surface area contributed by atoms with Gasteiger partial charge >= 0.3 is 0 Å². The maximum Gasteiger partial charge on any atom is 0.183 e. The van der Waals surface area contributed by atoms with Gasteiger partial charge in [-0.05, 0) is 19.4 Å². The molecule has 0 aliphatic rings. The van der Waals surface area contributed by atoms with E-state index in [1.807, 2.05) is 38.1 Å². The summed E-state index contributed by atoms with van der Waals surface area (Å²) in [6.45, 7) is 5.23. The lowest BCUT2D eigenvalue weighted by atomic mass is 10.1. The standard InChI is InChI=1S/C14H20O2S/c1-3-15-14(16-4-2)13-9-7-12(8-10-13)6-5-11-17/h5-10,14,17H,3-4,11H2,1-2H3. The van der Waals surface area contributed by atoms with E-state index in [1.165, 1.54) is 0 Å². The zero-order chi connectivity index (χ0) is 12.5. The highest BCUT2D eigenvalue weighted by atomic mass is 32.1. The molecule has 0 atom stereocenters. The second kappa shape index (κ2) is 8.34. The van der Waals surface area contributed by atoms with Gasteiger partial charge in [0.25, 0.3) is 0 Å². The van der Waals surface area contributed by atoms with E-state index >= 15 is 0 Å². The van der Waals surface area contributed by atoms with Gasteiger partial charge in [-0.1, -0.05) is 36.4 Å². The number of benzene rings is 1. The molecule has 0 saturated heterocycles. The fraction of sp³-hybridized carbons (Fsp3) is 0.429. The first kappa shape index (κ1) is 14.3. The van der Waals surface area contributed by atoms with Crippen molar-refractivity contribution in [1.29, 1.82) is 0 Å². The van der Waals surface area contributed by atoms with E-state index in [0.29, 0.717) is 13.2 Å². The SMILES string of the molecule is CCOC(OCC)c1ccc(C=CCS)cc1. The van der Waals surface area contributed by atoms with Gasteiger partial charge in [0.15, 0.2) is 6.29 Å². The third-order valence-corrected chi connectivity index (χ3v) is 2.47. The molecule has 0 radical (unpaired) electrons. The first-order chi connectivity index (χ1) is 8.31. The average molecular weight is 252 g/mol. The fourth-order valence-corrected chi connectivity index (χ4v) is 1.60. The van der Waals surface area contributed by atoms with Crippen molar-refractivity contribution in [2.24, 2.45) is 0 Å². The highest BCUT2D eigenvalue weighted by Gasteiger charge is 2.10. The molecule has 0 amide bonds. The van der Waals surface area contributed by atoms with Crippen LogP contribution in [0.3, 0.4) is 0 Å². The largest absolute Gasteiger partial charge is 0.349 e. The molecule has 0 bridgehead atoms. The first-order valence-electron chi connectivity index (χ1n) is 5.92. The molecule has 3 heteroatoms. The lowest BCUT2D eigenvalue weighted by molar-refractivity contribution is -0.140. The van der Waals surface area contributed by atoms with Crippen LogP contribution >= 0.6 is 12.6 Å². The quantitative estimate of drug-likeness (QED) is 0.589. The molecule has 1 aromatic carbocycles. The van der Waals surface area contributed by atoms with Crippen LogP contribution in [0, 0.1) is 0 Å². The van der Waals surface area contributed by atoms with Crippen molar-refractivity contribution in [2.45, 2.75) is 20.1 Å². The van der Waals surface area contributed by atoms with Crippen molar-refractivity contribution in [3.05, 3.63) is 41.5 Å². The monoisotopic (exact) mass is 252 g/mol. The summed E-state index contributed by atoms with van der Waals surface area (Å²) < 4.78 is 11.1. The molecule has 0 fully saturated rings. The van der Waals surface area contributed by atoms with Crippen molar-refractivity contribution in [3.63, 3.8) is 0 Å². The van der Waals surface area contributed by atoms with E-state index in [9.17, 15) is 0 Å². The normalized spacial score (nSPS) is 11.5. The molecule has 0 aliphatic heterocycles. The van der Waals surface area contributed by atoms with Gasteiger partial charge in [0.1, 0.15) is 0 Å². The maximum atomic E-state index is 5.54. The van der Waals surface area contributed by atoms with Crippen molar-refractivity contribution in [1.82, 2.24) is 0 Å². The zero-order valence-electron chi connectivity index (χ0n) is 10.4. The summed E-state index contributed by atoms with van der Waals surface area (Å²) >= 11 is 4.13. The Bertz CT molecular complexity index is 327. The van der Waals surface area contributed by atoms with Gasteiger partial charge in [0.2, 0.25) is 0 Å². The first-order valence-corrected chi connectivity index (χ1v) is 6.55. The average Bonchev–Trinajstić information content (AvgIpc) is 2.37. The Kier molecular flexibility index (Phi) is 7.01. The molecule has 0 aromatic heterocycles. The minimum Gasteiger partial charge on any atom is -0.349 e. The van der Waals surface area contributed by atoms with E-state index in [-0.39, 0.29) is 6.29 Å². The van der Waals surface area contributed by atoms with Crippen LogP contribution < -0.4 is 0 Å². The number of hydrogen-bond acceptors (Lipinski definition) is 3. The molecule has 1 rings (SSSR count). The van der Waals surface area contributed by atoms with Crippen LogP contribution in [0.4, 0.5) is 0 Å². The van der Waals surface area contributed by atoms with E-state index in [2.05, 4.69) is 24.8 Å². The van der Waals surface area contributed by atoms with E-state index < -0.39 is 0 Å². The predicted octanol–water partition coefficient (Wildman–Crippen LogP) is 3.70. The molecule has 17 heavy (non-hydrogen) atoms. The molecule has 1 aromatic rings. The molecule has 0 spiro atoms. The predicted molar refractivity (Wildman–Crippen MR) is 75.3 cm³/mol. The van der Waals surface area contributed by atoms with Gasteiger partial charge in [0, 0.05) is 24.5 Å². The Morgan fingerprint density at radius 3 is 2.18 bits per heavy atom. The smallest absolute Gasteiger partial charge is 0.183 e. The molecule has 0 saturated carbocycles. The van der Waals surface area contributed by atoms with Crippen LogP contribution in [0.2, 0.25) is 0 Å². The van der Waals surface area contributed by atoms with Gasteiger partial charge in [-0.2, -0.15) is 12.6 Å². The van der Waals surface area contributed by atoms with Crippen molar-refractivity contribution in [3.8, 4) is 0 Å². The van der Waals surface area contributed by atoms with Crippen LogP contribution in [-0.4, -0.2) is 19.0 Å². The summed E-state index contributed by atoms with van der Waals surface area (Å²) in [6, 6.07) is 8.18. The fourth-order valence-electron chi connectivity index (χ4n) is 1.50. The highest BCUT2D eigenvalue weighted by Crippen LogP contribution is 2.19. The number of ether oxygens (including phenoxy) is 2. The van der Waals surface area contributed by atoms with Gasteiger partial charge in [-0.25, -0.2) is 0 Å². The maximum absolute atomic E-state index is 5.54. The van der Waals surface area contributed by atoms with Gasteiger partial charge in [0.05, 0.1) is 0 Å². The topological polar surface area (TPSA) is 18.5 Å². The van der Waals surface area contributed by atoms with Crippen LogP contribution in [0.15, 0.2) is 30.3 Å². The molecule has 94 valence electrons. The molecule has 0 heterocycles. The van der Waals surface area contributed by atoms with E-state index in [0.717, 1.165) is 16.9 Å². The molecule has 0 N–H and O–H groups in total. The summed E-state index contributed by atoms with van der Waals surface area (Å²) in [7, 11) is 0. The molecular weight excluding hydrogens is 232 g/mol. The van der Waals surface area contributed by atoms with Crippen molar-refractivity contribution < 1.29 is 9.47 Å². The molecular formula is C14H20O2S. The Morgan fingerprint density at radius 1 is 1.12 bits per heavy atom. The van der Waals surface area contributed by atoms with Crippen LogP contribution in [0.1, 0.15) is 31.3 Å².